The highest BCUT2D eigenvalue weighted by molar-refractivity contribution is 7.89. The molecule has 0 N–H and O–H groups in total. The average Bonchev–Trinajstić information content (AvgIpc) is 2.57. The van der Waals surface area contributed by atoms with Crippen LogP contribution in [-0.2, 0) is 10.0 Å². The molecule has 2 rings (SSSR count). The zero-order valence-electron chi connectivity index (χ0n) is 14.9. The van der Waals surface area contributed by atoms with E-state index in [0.29, 0.717) is 5.56 Å². The summed E-state index contributed by atoms with van der Waals surface area (Å²) in [6.45, 7) is 5.84. The Morgan fingerprint density at radius 1 is 1.04 bits per heavy atom. The van der Waals surface area contributed by atoms with E-state index in [-0.39, 0.29) is 23.8 Å². The number of likely N-dealkylation sites (N-methyl/N-ethyl adjacent to an activating group) is 1. The zero-order valence-corrected chi connectivity index (χ0v) is 15.8. The number of carbonyl (C=O) groups excluding carboxylic acids is 1. The SMILES string of the molecule is CC(=O)c1ccc(S(=O)(=O)N(C)CCOc2c(C)cccc2C)cc1. The van der Waals surface area contributed by atoms with Crippen LogP contribution in [0.1, 0.15) is 28.4 Å². The van der Waals surface area contributed by atoms with E-state index in [2.05, 4.69) is 0 Å². The first kappa shape index (κ1) is 19.1. The molecule has 5 nitrogen and oxygen atoms in total. The molecular weight excluding hydrogens is 338 g/mol. The zero-order chi connectivity index (χ0) is 18.6. The lowest BCUT2D eigenvalue weighted by molar-refractivity contribution is 0.101. The highest BCUT2D eigenvalue weighted by Crippen LogP contribution is 2.22. The number of ether oxygens (including phenoxy) is 1. The molecule has 0 atom stereocenters. The summed E-state index contributed by atoms with van der Waals surface area (Å²) in [7, 11) is -2.10. The maximum atomic E-state index is 12.6. The molecule has 0 spiro atoms. The van der Waals surface area contributed by atoms with Crippen LogP contribution >= 0.6 is 0 Å². The molecule has 0 amide bonds. The number of Topliss-reactive ketones (excluding diaryl/α,β-unsaturated/α-hetero) is 1. The van der Waals surface area contributed by atoms with Crippen molar-refractivity contribution in [1.82, 2.24) is 4.31 Å². The lowest BCUT2D eigenvalue weighted by Crippen LogP contribution is -2.31. The van der Waals surface area contributed by atoms with Gasteiger partial charge in [0.2, 0.25) is 10.0 Å². The molecule has 0 aliphatic carbocycles. The summed E-state index contributed by atoms with van der Waals surface area (Å²) in [6.07, 6.45) is 0. The largest absolute Gasteiger partial charge is 0.492 e. The molecule has 0 saturated heterocycles. The van der Waals surface area contributed by atoms with Gasteiger partial charge in [-0.15, -0.1) is 0 Å². The third-order valence-corrected chi connectivity index (χ3v) is 5.90. The van der Waals surface area contributed by atoms with Crippen LogP contribution in [-0.4, -0.2) is 38.7 Å². The Bertz CT molecular complexity index is 837. The van der Waals surface area contributed by atoms with Gasteiger partial charge in [-0.2, -0.15) is 4.31 Å². The first-order valence-electron chi connectivity index (χ1n) is 8.00. The molecule has 25 heavy (non-hydrogen) atoms. The number of nitrogens with zero attached hydrogens (tertiary/aromatic N) is 1. The topological polar surface area (TPSA) is 63.7 Å². The summed E-state index contributed by atoms with van der Waals surface area (Å²) in [6, 6.07) is 11.8. The first-order chi connectivity index (χ1) is 11.7. The van der Waals surface area contributed by atoms with Crippen molar-refractivity contribution in [2.24, 2.45) is 0 Å². The van der Waals surface area contributed by atoms with Gasteiger partial charge >= 0.3 is 0 Å². The molecule has 6 heteroatoms. The maximum Gasteiger partial charge on any atom is 0.242 e. The van der Waals surface area contributed by atoms with Crippen LogP contribution in [0.25, 0.3) is 0 Å². The van der Waals surface area contributed by atoms with Crippen molar-refractivity contribution in [3.05, 3.63) is 59.2 Å². The van der Waals surface area contributed by atoms with Crippen molar-refractivity contribution < 1.29 is 17.9 Å². The second-order valence-corrected chi connectivity index (χ2v) is 8.02. The number of carbonyl (C=O) groups is 1. The Morgan fingerprint density at radius 2 is 1.60 bits per heavy atom. The fourth-order valence-corrected chi connectivity index (χ4v) is 3.62. The van der Waals surface area contributed by atoms with Crippen LogP contribution in [0.5, 0.6) is 5.75 Å². The van der Waals surface area contributed by atoms with Gasteiger partial charge in [-0.25, -0.2) is 8.42 Å². The molecule has 0 unspecified atom stereocenters. The number of benzene rings is 2. The van der Waals surface area contributed by atoms with Crippen LogP contribution in [0.4, 0.5) is 0 Å². The normalized spacial score (nSPS) is 11.6. The standard InChI is InChI=1S/C19H23NO4S/c1-14-6-5-7-15(2)19(14)24-13-12-20(4)25(22,23)18-10-8-17(9-11-18)16(3)21/h5-11H,12-13H2,1-4H3. The van der Waals surface area contributed by atoms with Crippen LogP contribution in [0.3, 0.4) is 0 Å². The molecular formula is C19H23NO4S. The Labute approximate surface area is 149 Å². The number of hydrogen-bond acceptors (Lipinski definition) is 4. The smallest absolute Gasteiger partial charge is 0.242 e. The van der Waals surface area contributed by atoms with Crippen LogP contribution in [0.2, 0.25) is 0 Å². The second-order valence-electron chi connectivity index (χ2n) is 5.98. The van der Waals surface area contributed by atoms with Crippen LogP contribution in [0.15, 0.2) is 47.4 Å². The molecule has 0 fully saturated rings. The Hall–Kier alpha value is -2.18. The van der Waals surface area contributed by atoms with E-state index in [1.54, 1.807) is 0 Å². The van der Waals surface area contributed by atoms with Crippen LogP contribution in [0, 0.1) is 13.8 Å². The third kappa shape index (κ3) is 4.46. The van der Waals surface area contributed by atoms with Gasteiger partial charge in [0.15, 0.2) is 5.78 Å². The Balaban J connectivity index is 2.04. The van der Waals surface area contributed by atoms with Gasteiger partial charge < -0.3 is 4.74 Å². The Kier molecular flexibility index (Phi) is 5.98. The van der Waals surface area contributed by atoms with E-state index in [4.69, 9.17) is 4.74 Å². The number of para-hydroxylation sites is 1. The van der Waals surface area contributed by atoms with Crippen molar-refractivity contribution in [3.63, 3.8) is 0 Å². The quantitative estimate of drug-likeness (QED) is 0.711. The second kappa shape index (κ2) is 7.80. The van der Waals surface area contributed by atoms with Crippen molar-refractivity contribution in [3.8, 4) is 5.75 Å². The summed E-state index contributed by atoms with van der Waals surface area (Å²) >= 11 is 0. The fraction of sp³-hybridized carbons (Fsp3) is 0.316. The number of hydrogen-bond donors (Lipinski definition) is 0. The molecule has 0 radical (unpaired) electrons. The monoisotopic (exact) mass is 361 g/mol. The van der Waals surface area contributed by atoms with E-state index in [9.17, 15) is 13.2 Å². The van der Waals surface area contributed by atoms with Gasteiger partial charge in [0.25, 0.3) is 0 Å². The number of ketones is 1. The van der Waals surface area contributed by atoms with Gasteiger partial charge in [-0.1, -0.05) is 30.3 Å². The molecule has 0 aliphatic rings. The third-order valence-electron chi connectivity index (χ3n) is 4.03. The van der Waals surface area contributed by atoms with E-state index < -0.39 is 10.0 Å². The molecule has 0 heterocycles. The molecule has 0 saturated carbocycles. The van der Waals surface area contributed by atoms with Gasteiger partial charge in [0, 0.05) is 19.2 Å². The van der Waals surface area contributed by atoms with E-state index in [1.165, 1.54) is 42.5 Å². The first-order valence-corrected chi connectivity index (χ1v) is 9.44. The number of rotatable bonds is 7. The lowest BCUT2D eigenvalue weighted by atomic mass is 10.1. The maximum absolute atomic E-state index is 12.6. The summed E-state index contributed by atoms with van der Waals surface area (Å²) in [5.74, 6) is 0.693. The molecule has 0 bridgehead atoms. The summed E-state index contributed by atoms with van der Waals surface area (Å²) in [4.78, 5) is 11.5. The lowest BCUT2D eigenvalue weighted by Gasteiger charge is -2.19. The Morgan fingerprint density at radius 3 is 2.12 bits per heavy atom. The van der Waals surface area contributed by atoms with Gasteiger partial charge in [0.05, 0.1) is 4.90 Å². The van der Waals surface area contributed by atoms with E-state index in [1.807, 2.05) is 32.0 Å². The van der Waals surface area contributed by atoms with Crippen LogP contribution < -0.4 is 4.74 Å². The highest BCUT2D eigenvalue weighted by Gasteiger charge is 2.21. The van der Waals surface area contributed by atoms with Gasteiger partial charge in [0.1, 0.15) is 12.4 Å². The molecule has 0 aromatic heterocycles. The van der Waals surface area contributed by atoms with Crippen molar-refractivity contribution in [1.29, 1.82) is 0 Å². The summed E-state index contributed by atoms with van der Waals surface area (Å²) < 4.78 is 32.2. The minimum absolute atomic E-state index is 0.0979. The number of aryl methyl sites for hydroxylation is 2. The highest BCUT2D eigenvalue weighted by atomic mass is 32.2. The summed E-state index contributed by atoms with van der Waals surface area (Å²) in [5.41, 5.74) is 2.52. The van der Waals surface area contributed by atoms with E-state index in [0.717, 1.165) is 16.9 Å². The fourth-order valence-electron chi connectivity index (χ4n) is 2.46. The summed E-state index contributed by atoms with van der Waals surface area (Å²) in [5, 5.41) is 0. The molecule has 2 aromatic carbocycles. The number of sulfonamides is 1. The minimum Gasteiger partial charge on any atom is -0.492 e. The van der Waals surface area contributed by atoms with Gasteiger partial charge in [-0.3, -0.25) is 4.79 Å². The van der Waals surface area contributed by atoms with Crippen molar-refractivity contribution >= 4 is 15.8 Å². The predicted molar refractivity (Wildman–Crippen MR) is 97.7 cm³/mol. The minimum atomic E-state index is -3.61. The average molecular weight is 361 g/mol. The molecule has 2 aromatic rings. The van der Waals surface area contributed by atoms with Gasteiger partial charge in [-0.05, 0) is 44.0 Å². The van der Waals surface area contributed by atoms with Crippen molar-refractivity contribution in [2.75, 3.05) is 20.2 Å². The van der Waals surface area contributed by atoms with E-state index >= 15 is 0 Å². The molecule has 134 valence electrons. The molecule has 0 aliphatic heterocycles. The predicted octanol–water partition coefficient (Wildman–Crippen LogP) is 3.21. The van der Waals surface area contributed by atoms with Crippen molar-refractivity contribution in [2.45, 2.75) is 25.7 Å².